The number of rotatable bonds is 6. The fourth-order valence-corrected chi connectivity index (χ4v) is 3.10. The van der Waals surface area contributed by atoms with Crippen molar-refractivity contribution >= 4 is 28.3 Å². The molecular formula is C15H18BNO4S. The molecule has 2 rings (SSSR count). The van der Waals surface area contributed by atoms with Gasteiger partial charge in [0.05, 0.1) is 4.90 Å². The van der Waals surface area contributed by atoms with Gasteiger partial charge >= 0.3 is 7.12 Å². The SMILES string of the molecule is COB(OC)c1cccc(NS(=O)(=O)c2ccc(C)cc2)c1. The Morgan fingerprint density at radius 2 is 1.64 bits per heavy atom. The van der Waals surface area contributed by atoms with Crippen molar-refractivity contribution in [2.45, 2.75) is 11.8 Å². The van der Waals surface area contributed by atoms with Crippen molar-refractivity contribution < 1.29 is 17.7 Å². The summed E-state index contributed by atoms with van der Waals surface area (Å²) >= 11 is 0. The molecule has 0 saturated carbocycles. The van der Waals surface area contributed by atoms with Crippen LogP contribution in [0.25, 0.3) is 0 Å². The molecule has 0 heterocycles. The fourth-order valence-electron chi connectivity index (χ4n) is 2.05. The molecule has 0 saturated heterocycles. The van der Waals surface area contributed by atoms with Gasteiger partial charge < -0.3 is 9.31 Å². The minimum Gasteiger partial charge on any atom is -0.410 e. The minimum absolute atomic E-state index is 0.221. The van der Waals surface area contributed by atoms with Crippen LogP contribution in [0.5, 0.6) is 0 Å². The Morgan fingerprint density at radius 1 is 1.00 bits per heavy atom. The molecule has 0 radical (unpaired) electrons. The summed E-state index contributed by atoms with van der Waals surface area (Å²) in [4.78, 5) is 0.221. The number of hydrogen-bond acceptors (Lipinski definition) is 4. The number of nitrogens with one attached hydrogen (secondary N) is 1. The second-order valence-corrected chi connectivity index (χ2v) is 6.53. The standard InChI is InChI=1S/C15H18BNO4S/c1-12-7-9-15(10-8-12)22(18,19)17-14-6-4-5-13(11-14)16(20-2)21-3/h4-11,17H,1-3H3. The van der Waals surface area contributed by atoms with E-state index in [1.165, 1.54) is 14.2 Å². The normalized spacial score (nSPS) is 11.2. The monoisotopic (exact) mass is 319 g/mol. The van der Waals surface area contributed by atoms with Crippen molar-refractivity contribution in [3.8, 4) is 0 Å². The van der Waals surface area contributed by atoms with E-state index in [4.69, 9.17) is 9.31 Å². The second-order valence-electron chi connectivity index (χ2n) is 4.85. The maximum absolute atomic E-state index is 12.4. The average molecular weight is 319 g/mol. The summed E-state index contributed by atoms with van der Waals surface area (Å²) in [5.74, 6) is 0. The Kier molecular flexibility index (Phi) is 5.23. The molecule has 0 atom stereocenters. The smallest absolute Gasteiger partial charge is 0.410 e. The van der Waals surface area contributed by atoms with Crippen LogP contribution >= 0.6 is 0 Å². The molecule has 22 heavy (non-hydrogen) atoms. The van der Waals surface area contributed by atoms with E-state index in [1.54, 1.807) is 48.5 Å². The molecule has 7 heteroatoms. The molecule has 0 amide bonds. The molecule has 2 aromatic carbocycles. The maximum Gasteiger partial charge on any atom is 0.493 e. The minimum atomic E-state index is -3.62. The van der Waals surface area contributed by atoms with Crippen LogP contribution in [0.4, 0.5) is 5.69 Å². The fraction of sp³-hybridized carbons (Fsp3) is 0.200. The summed E-state index contributed by atoms with van der Waals surface area (Å²) in [6.45, 7) is 1.91. The Balaban J connectivity index is 2.26. The number of anilines is 1. The van der Waals surface area contributed by atoms with E-state index in [2.05, 4.69) is 4.72 Å². The van der Waals surface area contributed by atoms with Gasteiger partial charge in [-0.3, -0.25) is 4.72 Å². The molecule has 0 aliphatic rings. The number of sulfonamides is 1. The molecule has 0 aliphatic carbocycles. The van der Waals surface area contributed by atoms with Crippen LogP contribution < -0.4 is 10.2 Å². The summed E-state index contributed by atoms with van der Waals surface area (Å²) in [6, 6.07) is 13.6. The van der Waals surface area contributed by atoms with Crippen LogP contribution in [0.15, 0.2) is 53.4 Å². The first-order chi connectivity index (χ1) is 10.5. The third kappa shape index (κ3) is 3.88. The summed E-state index contributed by atoms with van der Waals surface area (Å²) in [6.07, 6.45) is 0. The first-order valence-electron chi connectivity index (χ1n) is 6.71. The van der Waals surface area contributed by atoms with Gasteiger partial charge in [0.1, 0.15) is 0 Å². The quantitative estimate of drug-likeness (QED) is 0.825. The van der Waals surface area contributed by atoms with Crippen LogP contribution in [-0.4, -0.2) is 29.8 Å². The molecule has 116 valence electrons. The van der Waals surface area contributed by atoms with Crippen molar-refractivity contribution in [3.63, 3.8) is 0 Å². The van der Waals surface area contributed by atoms with Crippen LogP contribution in [0, 0.1) is 6.92 Å². The summed E-state index contributed by atoms with van der Waals surface area (Å²) in [5.41, 5.74) is 2.19. The molecule has 2 aromatic rings. The van der Waals surface area contributed by atoms with E-state index >= 15 is 0 Å². The first kappa shape index (κ1) is 16.5. The highest BCUT2D eigenvalue weighted by atomic mass is 32.2. The predicted octanol–water partition coefficient (Wildman–Crippen LogP) is 1.78. The Labute approximate surface area is 131 Å². The van der Waals surface area contributed by atoms with Crippen molar-refractivity contribution in [3.05, 3.63) is 54.1 Å². The van der Waals surface area contributed by atoms with E-state index in [0.717, 1.165) is 11.0 Å². The molecule has 1 N–H and O–H groups in total. The molecule has 0 spiro atoms. The highest BCUT2D eigenvalue weighted by molar-refractivity contribution is 7.92. The summed E-state index contributed by atoms with van der Waals surface area (Å²) in [5, 5.41) is 0. The van der Waals surface area contributed by atoms with Crippen LogP contribution in [0.1, 0.15) is 5.56 Å². The molecule has 0 fully saturated rings. The largest absolute Gasteiger partial charge is 0.493 e. The van der Waals surface area contributed by atoms with Crippen molar-refractivity contribution in [1.82, 2.24) is 0 Å². The maximum atomic E-state index is 12.4. The molecular weight excluding hydrogens is 301 g/mol. The van der Waals surface area contributed by atoms with Gasteiger partial charge in [-0.25, -0.2) is 8.42 Å². The lowest BCUT2D eigenvalue weighted by molar-refractivity contribution is 0.292. The Bertz CT molecular complexity index is 727. The third-order valence-corrected chi connectivity index (χ3v) is 4.57. The van der Waals surface area contributed by atoms with Gasteiger partial charge in [-0.05, 0) is 36.7 Å². The highest BCUT2D eigenvalue weighted by Crippen LogP contribution is 2.15. The molecule has 0 unspecified atom stereocenters. The topological polar surface area (TPSA) is 64.6 Å². The van der Waals surface area contributed by atoms with Gasteiger partial charge in [-0.15, -0.1) is 0 Å². The van der Waals surface area contributed by atoms with E-state index in [1.807, 2.05) is 6.92 Å². The van der Waals surface area contributed by atoms with Gasteiger partial charge in [0, 0.05) is 19.9 Å². The molecule has 0 bridgehead atoms. The van der Waals surface area contributed by atoms with E-state index in [-0.39, 0.29) is 4.90 Å². The Morgan fingerprint density at radius 3 is 2.23 bits per heavy atom. The van der Waals surface area contributed by atoms with E-state index < -0.39 is 17.1 Å². The van der Waals surface area contributed by atoms with Gasteiger partial charge in [0.2, 0.25) is 0 Å². The van der Waals surface area contributed by atoms with Gasteiger partial charge in [0.15, 0.2) is 0 Å². The van der Waals surface area contributed by atoms with Crippen LogP contribution in [0.3, 0.4) is 0 Å². The predicted molar refractivity (Wildman–Crippen MR) is 87.8 cm³/mol. The lowest BCUT2D eigenvalue weighted by atomic mass is 9.79. The third-order valence-electron chi connectivity index (χ3n) is 3.17. The molecule has 0 aromatic heterocycles. The second kappa shape index (κ2) is 6.96. The van der Waals surface area contributed by atoms with Gasteiger partial charge in [-0.1, -0.05) is 29.8 Å². The zero-order chi connectivity index (χ0) is 16.2. The summed E-state index contributed by atoms with van der Waals surface area (Å²) in [7, 11) is -1.11. The lowest BCUT2D eigenvalue weighted by Gasteiger charge is -2.12. The zero-order valence-corrected chi connectivity index (χ0v) is 13.6. The zero-order valence-electron chi connectivity index (χ0n) is 12.7. The summed E-state index contributed by atoms with van der Waals surface area (Å²) < 4.78 is 37.6. The lowest BCUT2D eigenvalue weighted by Crippen LogP contribution is -2.34. The molecule has 5 nitrogen and oxygen atoms in total. The Hall–Kier alpha value is -1.83. The van der Waals surface area contributed by atoms with Crippen molar-refractivity contribution in [2.24, 2.45) is 0 Å². The highest BCUT2D eigenvalue weighted by Gasteiger charge is 2.19. The van der Waals surface area contributed by atoms with Crippen LogP contribution in [0.2, 0.25) is 0 Å². The van der Waals surface area contributed by atoms with Crippen molar-refractivity contribution in [1.29, 1.82) is 0 Å². The van der Waals surface area contributed by atoms with Crippen molar-refractivity contribution in [2.75, 3.05) is 18.9 Å². The van der Waals surface area contributed by atoms with Gasteiger partial charge in [0.25, 0.3) is 10.0 Å². The van der Waals surface area contributed by atoms with Crippen LogP contribution in [-0.2, 0) is 19.3 Å². The number of benzene rings is 2. The van der Waals surface area contributed by atoms with E-state index in [0.29, 0.717) is 5.69 Å². The van der Waals surface area contributed by atoms with Gasteiger partial charge in [-0.2, -0.15) is 0 Å². The number of hydrogen-bond donors (Lipinski definition) is 1. The molecule has 0 aliphatic heterocycles. The first-order valence-corrected chi connectivity index (χ1v) is 8.19. The number of aryl methyl sites for hydroxylation is 1. The van der Waals surface area contributed by atoms with E-state index in [9.17, 15) is 8.42 Å². The average Bonchev–Trinajstić information content (AvgIpc) is 2.49.